The number of hydrogen-bond acceptors (Lipinski definition) is 8. The minimum atomic E-state index is -0.295. The summed E-state index contributed by atoms with van der Waals surface area (Å²) in [6.07, 6.45) is 4.78. The zero-order valence-corrected chi connectivity index (χ0v) is 18.1. The van der Waals surface area contributed by atoms with Gasteiger partial charge in [-0.2, -0.15) is 0 Å². The largest absolute Gasteiger partial charge is 0.394 e. The molecule has 0 saturated carbocycles. The Bertz CT molecular complexity index is 1080. The van der Waals surface area contributed by atoms with E-state index in [0.29, 0.717) is 40.4 Å². The number of aryl methyl sites for hydroxylation is 1. The zero-order chi connectivity index (χ0) is 21.7. The number of anilines is 1. The van der Waals surface area contributed by atoms with Crippen molar-refractivity contribution in [3.05, 3.63) is 57.4 Å². The molecule has 1 amide bonds. The highest BCUT2D eigenvalue weighted by Crippen LogP contribution is 2.32. The van der Waals surface area contributed by atoms with Gasteiger partial charge in [0.2, 0.25) is 0 Å². The number of carbonyl (C=O) groups excluding carboxylic acids is 1. The van der Waals surface area contributed by atoms with Crippen LogP contribution in [-0.4, -0.2) is 62.5 Å². The molecule has 2 N–H and O–H groups in total. The number of aromatic nitrogens is 2. The summed E-state index contributed by atoms with van der Waals surface area (Å²) in [4.78, 5) is 32.3. The molecular formula is C20H22N4O4S2. The molecule has 0 radical (unpaired) electrons. The number of nitrogens with one attached hydrogen (secondary N) is 1. The van der Waals surface area contributed by atoms with Crippen LogP contribution in [0.2, 0.25) is 0 Å². The standard InChI is InChI=1S/C20H22N4O4S2/c1-3-7-24-19(27)15(30-20(24)29)12-14-16(21-6-10-28-11-9-25)22-17-13(2)5-4-8-23(17)18(14)26/h3-5,8,12,21,25H,1,6-7,9-11H2,2H3. The lowest BCUT2D eigenvalue weighted by Gasteiger charge is -2.12. The summed E-state index contributed by atoms with van der Waals surface area (Å²) in [6, 6.07) is 3.64. The number of aliphatic hydroxyl groups is 1. The molecular weight excluding hydrogens is 424 g/mol. The maximum Gasteiger partial charge on any atom is 0.267 e. The van der Waals surface area contributed by atoms with Gasteiger partial charge in [0.1, 0.15) is 15.8 Å². The van der Waals surface area contributed by atoms with E-state index in [1.165, 1.54) is 15.4 Å². The van der Waals surface area contributed by atoms with E-state index in [0.717, 1.165) is 17.3 Å². The smallest absolute Gasteiger partial charge is 0.267 e. The first-order valence-electron chi connectivity index (χ1n) is 9.28. The Morgan fingerprint density at radius 3 is 2.93 bits per heavy atom. The molecule has 0 aromatic carbocycles. The lowest BCUT2D eigenvalue weighted by atomic mass is 10.2. The number of thiocarbonyl (C=S) groups is 1. The zero-order valence-electron chi connectivity index (χ0n) is 16.5. The van der Waals surface area contributed by atoms with Crippen molar-refractivity contribution in [1.29, 1.82) is 0 Å². The summed E-state index contributed by atoms with van der Waals surface area (Å²) < 4.78 is 7.14. The van der Waals surface area contributed by atoms with Gasteiger partial charge in [0.15, 0.2) is 0 Å². The summed E-state index contributed by atoms with van der Waals surface area (Å²) in [7, 11) is 0. The fourth-order valence-corrected chi connectivity index (χ4v) is 4.16. The van der Waals surface area contributed by atoms with E-state index >= 15 is 0 Å². The molecule has 10 heteroatoms. The Labute approximate surface area is 183 Å². The quantitative estimate of drug-likeness (QED) is 0.261. The van der Waals surface area contributed by atoms with Gasteiger partial charge in [0.25, 0.3) is 11.5 Å². The predicted octanol–water partition coefficient (Wildman–Crippen LogP) is 1.81. The highest BCUT2D eigenvalue weighted by molar-refractivity contribution is 8.26. The lowest BCUT2D eigenvalue weighted by molar-refractivity contribution is -0.121. The minimum absolute atomic E-state index is 0.0629. The minimum Gasteiger partial charge on any atom is -0.394 e. The highest BCUT2D eigenvalue weighted by Gasteiger charge is 2.31. The second-order valence-corrected chi connectivity index (χ2v) is 8.08. The number of carbonyl (C=O) groups is 1. The molecule has 1 fully saturated rings. The highest BCUT2D eigenvalue weighted by atomic mass is 32.2. The molecule has 3 heterocycles. The molecule has 1 saturated heterocycles. The number of amides is 1. The monoisotopic (exact) mass is 446 g/mol. The molecule has 8 nitrogen and oxygen atoms in total. The van der Waals surface area contributed by atoms with E-state index in [2.05, 4.69) is 16.9 Å². The van der Waals surface area contributed by atoms with Crippen molar-refractivity contribution in [2.75, 3.05) is 38.2 Å². The normalized spacial score (nSPS) is 15.4. The van der Waals surface area contributed by atoms with Crippen LogP contribution < -0.4 is 10.9 Å². The van der Waals surface area contributed by atoms with Crippen molar-refractivity contribution in [3.8, 4) is 0 Å². The van der Waals surface area contributed by atoms with Crippen LogP contribution in [0.3, 0.4) is 0 Å². The molecule has 0 bridgehead atoms. The van der Waals surface area contributed by atoms with Crippen molar-refractivity contribution in [1.82, 2.24) is 14.3 Å². The Balaban J connectivity index is 2.03. The molecule has 0 aliphatic carbocycles. The molecule has 2 aromatic heterocycles. The molecule has 1 aliphatic rings. The maximum atomic E-state index is 13.2. The van der Waals surface area contributed by atoms with Crippen molar-refractivity contribution in [2.24, 2.45) is 0 Å². The number of hydrogen-bond donors (Lipinski definition) is 2. The Morgan fingerprint density at radius 1 is 1.40 bits per heavy atom. The van der Waals surface area contributed by atoms with Crippen LogP contribution >= 0.6 is 24.0 Å². The van der Waals surface area contributed by atoms with Crippen molar-refractivity contribution in [3.63, 3.8) is 0 Å². The Morgan fingerprint density at radius 2 is 2.20 bits per heavy atom. The van der Waals surface area contributed by atoms with Crippen molar-refractivity contribution < 1.29 is 14.6 Å². The van der Waals surface area contributed by atoms with E-state index in [1.807, 2.05) is 13.0 Å². The summed E-state index contributed by atoms with van der Waals surface area (Å²) in [5.74, 6) is 0.0896. The summed E-state index contributed by atoms with van der Waals surface area (Å²) in [6.45, 7) is 6.70. The average molecular weight is 447 g/mol. The molecule has 0 spiro atoms. The second-order valence-electron chi connectivity index (χ2n) is 6.41. The molecule has 0 unspecified atom stereocenters. The van der Waals surface area contributed by atoms with Crippen LogP contribution in [0.5, 0.6) is 0 Å². The molecule has 3 rings (SSSR count). The van der Waals surface area contributed by atoms with Gasteiger partial charge >= 0.3 is 0 Å². The molecule has 158 valence electrons. The van der Waals surface area contributed by atoms with Crippen molar-refractivity contribution in [2.45, 2.75) is 6.92 Å². The van der Waals surface area contributed by atoms with Crippen LogP contribution in [0.25, 0.3) is 11.7 Å². The predicted molar refractivity (Wildman–Crippen MR) is 123 cm³/mol. The number of thioether (sulfide) groups is 1. The first-order chi connectivity index (χ1) is 14.5. The molecule has 30 heavy (non-hydrogen) atoms. The Hall–Kier alpha value is -2.53. The lowest BCUT2D eigenvalue weighted by Crippen LogP contribution is -2.28. The second kappa shape index (κ2) is 9.98. The summed E-state index contributed by atoms with van der Waals surface area (Å²) in [5.41, 5.74) is 1.34. The van der Waals surface area contributed by atoms with E-state index in [1.54, 1.807) is 18.3 Å². The van der Waals surface area contributed by atoms with Crippen LogP contribution in [0.1, 0.15) is 11.1 Å². The first kappa shape index (κ1) is 22.2. The summed E-state index contributed by atoms with van der Waals surface area (Å²) in [5, 5.41) is 11.9. The van der Waals surface area contributed by atoms with Crippen molar-refractivity contribution >= 4 is 51.7 Å². The van der Waals surface area contributed by atoms with E-state index in [-0.39, 0.29) is 30.2 Å². The SMILES string of the molecule is C=CCN1C(=O)C(=Cc2c(NCCOCCO)nc3c(C)cccn3c2=O)SC1=S. The van der Waals surface area contributed by atoms with Gasteiger partial charge in [-0.3, -0.25) is 18.9 Å². The van der Waals surface area contributed by atoms with Gasteiger partial charge in [0.05, 0.1) is 30.3 Å². The Kier molecular flexibility index (Phi) is 7.38. The summed E-state index contributed by atoms with van der Waals surface area (Å²) >= 11 is 6.42. The molecule has 2 aromatic rings. The third-order valence-corrected chi connectivity index (χ3v) is 5.70. The topological polar surface area (TPSA) is 96.2 Å². The average Bonchev–Trinajstić information content (AvgIpc) is 2.99. The van der Waals surface area contributed by atoms with Crippen LogP contribution in [0.15, 0.2) is 40.7 Å². The van der Waals surface area contributed by atoms with E-state index in [4.69, 9.17) is 22.1 Å². The van der Waals surface area contributed by atoms with E-state index in [9.17, 15) is 9.59 Å². The van der Waals surface area contributed by atoms with Gasteiger partial charge in [-0.1, -0.05) is 36.1 Å². The van der Waals surface area contributed by atoms with E-state index < -0.39 is 0 Å². The molecule has 0 atom stereocenters. The molecule has 1 aliphatic heterocycles. The number of nitrogens with zero attached hydrogens (tertiary/aromatic N) is 3. The van der Waals surface area contributed by atoms with Gasteiger partial charge in [-0.05, 0) is 24.6 Å². The van der Waals surface area contributed by atoms with Gasteiger partial charge in [-0.25, -0.2) is 4.98 Å². The fourth-order valence-electron chi connectivity index (χ4n) is 2.90. The fraction of sp³-hybridized carbons (Fsp3) is 0.300. The number of fused-ring (bicyclic) bond motifs is 1. The van der Waals surface area contributed by atoms with Gasteiger partial charge in [-0.15, -0.1) is 6.58 Å². The van der Waals surface area contributed by atoms with Crippen LogP contribution in [0.4, 0.5) is 5.82 Å². The van der Waals surface area contributed by atoms with Crippen LogP contribution in [0, 0.1) is 6.92 Å². The van der Waals surface area contributed by atoms with Gasteiger partial charge in [0, 0.05) is 19.3 Å². The number of aliphatic hydroxyl groups excluding tert-OH is 1. The van der Waals surface area contributed by atoms with Crippen LogP contribution in [-0.2, 0) is 9.53 Å². The first-order valence-corrected chi connectivity index (χ1v) is 10.5. The van der Waals surface area contributed by atoms with Gasteiger partial charge < -0.3 is 15.2 Å². The number of ether oxygens (including phenoxy) is 1. The third-order valence-electron chi connectivity index (χ3n) is 4.32. The number of rotatable bonds is 9. The maximum absolute atomic E-state index is 13.2. The third kappa shape index (κ3) is 4.62. The number of pyridine rings is 1.